The highest BCUT2D eigenvalue weighted by molar-refractivity contribution is 5.09. The second kappa shape index (κ2) is 8.34. The zero-order valence-corrected chi connectivity index (χ0v) is 12.4. The van der Waals surface area contributed by atoms with Gasteiger partial charge in [-0.2, -0.15) is 0 Å². The Morgan fingerprint density at radius 1 is 1.00 bits per heavy atom. The number of rotatable bonds is 10. The van der Waals surface area contributed by atoms with Crippen molar-refractivity contribution in [3.05, 3.63) is 18.4 Å². The maximum Gasteiger partial charge on any atom is 0.180 e. The van der Waals surface area contributed by atoms with Crippen LogP contribution in [0.25, 0.3) is 0 Å². The van der Waals surface area contributed by atoms with Gasteiger partial charge in [-0.25, -0.2) is 4.98 Å². The molecule has 18 heavy (non-hydrogen) atoms. The van der Waals surface area contributed by atoms with E-state index in [1.165, 1.54) is 57.8 Å². The van der Waals surface area contributed by atoms with E-state index in [-0.39, 0.29) is 5.41 Å². The Morgan fingerprint density at radius 3 is 2.28 bits per heavy atom. The van der Waals surface area contributed by atoms with Gasteiger partial charge in [0.05, 0.1) is 5.69 Å². The molecule has 104 valence electrons. The number of hydrogen-bond donors (Lipinski definition) is 0. The van der Waals surface area contributed by atoms with Crippen LogP contribution in [0.1, 0.15) is 84.3 Å². The molecule has 0 fully saturated rings. The summed E-state index contributed by atoms with van der Waals surface area (Å²) in [7, 11) is 0. The number of unbranched alkanes of at least 4 members (excludes halogenated alkanes) is 5. The van der Waals surface area contributed by atoms with E-state index < -0.39 is 0 Å². The van der Waals surface area contributed by atoms with Gasteiger partial charge in [-0.15, -0.1) is 0 Å². The first kappa shape index (κ1) is 15.3. The Hall–Kier alpha value is -0.790. The van der Waals surface area contributed by atoms with Crippen molar-refractivity contribution in [2.24, 2.45) is 0 Å². The molecule has 0 spiro atoms. The molecule has 0 N–H and O–H groups in total. The third-order valence-electron chi connectivity index (χ3n) is 3.96. The molecule has 1 heterocycles. The van der Waals surface area contributed by atoms with Gasteiger partial charge in [-0.05, 0) is 12.8 Å². The van der Waals surface area contributed by atoms with E-state index in [2.05, 4.69) is 25.8 Å². The molecule has 1 aromatic rings. The molecule has 2 heteroatoms. The summed E-state index contributed by atoms with van der Waals surface area (Å²) < 4.78 is 5.17. The van der Waals surface area contributed by atoms with Gasteiger partial charge in [0, 0.05) is 5.41 Å². The van der Waals surface area contributed by atoms with Gasteiger partial charge >= 0.3 is 0 Å². The van der Waals surface area contributed by atoms with Crippen molar-refractivity contribution in [3.63, 3.8) is 0 Å². The quantitative estimate of drug-likeness (QED) is 0.514. The molecule has 0 aliphatic rings. The molecule has 2 nitrogen and oxygen atoms in total. The maximum atomic E-state index is 5.17. The van der Waals surface area contributed by atoms with Crippen LogP contribution in [-0.4, -0.2) is 4.98 Å². The zero-order valence-electron chi connectivity index (χ0n) is 12.4. The topological polar surface area (TPSA) is 26.0 Å². The molecule has 0 aliphatic heterocycles. The molecule has 1 rings (SSSR count). The molecular weight excluding hydrogens is 222 g/mol. The minimum Gasteiger partial charge on any atom is -0.451 e. The summed E-state index contributed by atoms with van der Waals surface area (Å²) in [5, 5.41) is 0. The standard InChI is InChI=1S/C16H29NO/c1-4-6-8-9-10-12-16(3,11-7-5-2)15-13-18-14-17-15/h13-14H,4-12H2,1-3H3. The first-order valence-corrected chi connectivity index (χ1v) is 7.61. The number of nitrogens with zero attached hydrogens (tertiary/aromatic N) is 1. The van der Waals surface area contributed by atoms with Crippen molar-refractivity contribution < 1.29 is 4.42 Å². The van der Waals surface area contributed by atoms with Crippen LogP contribution in [0.5, 0.6) is 0 Å². The van der Waals surface area contributed by atoms with E-state index in [0.717, 1.165) is 5.69 Å². The van der Waals surface area contributed by atoms with Gasteiger partial charge in [0.2, 0.25) is 0 Å². The van der Waals surface area contributed by atoms with Crippen LogP contribution < -0.4 is 0 Å². The molecule has 0 saturated heterocycles. The molecule has 1 aromatic heterocycles. The van der Waals surface area contributed by atoms with Crippen molar-refractivity contribution >= 4 is 0 Å². The van der Waals surface area contributed by atoms with Gasteiger partial charge in [-0.1, -0.05) is 65.7 Å². The predicted octanol–water partition coefficient (Wildman–Crippen LogP) is 5.48. The third-order valence-corrected chi connectivity index (χ3v) is 3.96. The lowest BCUT2D eigenvalue weighted by Gasteiger charge is -2.27. The van der Waals surface area contributed by atoms with Gasteiger partial charge in [0.15, 0.2) is 6.39 Å². The molecule has 0 amide bonds. The van der Waals surface area contributed by atoms with Crippen LogP contribution in [0, 0.1) is 0 Å². The minimum atomic E-state index is 0.217. The summed E-state index contributed by atoms with van der Waals surface area (Å²) in [5.74, 6) is 0. The molecule has 0 aromatic carbocycles. The Kier molecular flexibility index (Phi) is 7.07. The molecule has 0 radical (unpaired) electrons. The van der Waals surface area contributed by atoms with Crippen LogP contribution >= 0.6 is 0 Å². The first-order valence-electron chi connectivity index (χ1n) is 7.61. The monoisotopic (exact) mass is 251 g/mol. The van der Waals surface area contributed by atoms with Crippen LogP contribution in [0.2, 0.25) is 0 Å². The molecule has 1 atom stereocenters. The molecule has 0 aliphatic carbocycles. The largest absolute Gasteiger partial charge is 0.451 e. The number of aromatic nitrogens is 1. The van der Waals surface area contributed by atoms with Gasteiger partial charge in [0.25, 0.3) is 0 Å². The van der Waals surface area contributed by atoms with Gasteiger partial charge < -0.3 is 4.42 Å². The molecular formula is C16H29NO. The van der Waals surface area contributed by atoms with Crippen LogP contribution in [0.4, 0.5) is 0 Å². The Labute approximate surface area is 112 Å². The summed E-state index contributed by atoms with van der Waals surface area (Å²) in [5.41, 5.74) is 1.36. The second-order valence-electron chi connectivity index (χ2n) is 5.70. The molecule has 0 bridgehead atoms. The van der Waals surface area contributed by atoms with Gasteiger partial charge in [-0.3, -0.25) is 0 Å². The van der Waals surface area contributed by atoms with E-state index in [0.29, 0.717) is 0 Å². The number of hydrogen-bond acceptors (Lipinski definition) is 2. The lowest BCUT2D eigenvalue weighted by atomic mass is 9.77. The summed E-state index contributed by atoms with van der Waals surface area (Å²) in [4.78, 5) is 4.39. The van der Waals surface area contributed by atoms with Gasteiger partial charge in [0.1, 0.15) is 6.26 Å². The van der Waals surface area contributed by atoms with Crippen molar-refractivity contribution in [1.82, 2.24) is 4.98 Å². The highest BCUT2D eigenvalue weighted by Crippen LogP contribution is 2.34. The van der Waals surface area contributed by atoms with Crippen LogP contribution in [-0.2, 0) is 5.41 Å². The van der Waals surface area contributed by atoms with Crippen LogP contribution in [0.3, 0.4) is 0 Å². The lowest BCUT2D eigenvalue weighted by Crippen LogP contribution is -2.22. The summed E-state index contributed by atoms with van der Waals surface area (Å²) in [6.07, 6.45) is 15.1. The number of oxazole rings is 1. The van der Waals surface area contributed by atoms with Crippen molar-refractivity contribution in [3.8, 4) is 0 Å². The summed E-state index contributed by atoms with van der Waals surface area (Å²) in [6.45, 7) is 6.87. The highest BCUT2D eigenvalue weighted by atomic mass is 16.3. The average molecular weight is 251 g/mol. The fourth-order valence-electron chi connectivity index (χ4n) is 2.58. The van der Waals surface area contributed by atoms with Crippen molar-refractivity contribution in [1.29, 1.82) is 0 Å². The Morgan fingerprint density at radius 2 is 1.67 bits per heavy atom. The maximum absolute atomic E-state index is 5.17. The Balaban J connectivity index is 2.45. The predicted molar refractivity (Wildman–Crippen MR) is 76.8 cm³/mol. The minimum absolute atomic E-state index is 0.217. The van der Waals surface area contributed by atoms with Crippen LogP contribution in [0.15, 0.2) is 17.1 Å². The fraction of sp³-hybridized carbons (Fsp3) is 0.812. The fourth-order valence-corrected chi connectivity index (χ4v) is 2.58. The van der Waals surface area contributed by atoms with E-state index in [9.17, 15) is 0 Å². The highest BCUT2D eigenvalue weighted by Gasteiger charge is 2.27. The Bertz CT molecular complexity index is 294. The SMILES string of the molecule is CCCCCCCC(C)(CCCC)c1cocn1. The van der Waals surface area contributed by atoms with E-state index >= 15 is 0 Å². The van der Waals surface area contributed by atoms with Crippen molar-refractivity contribution in [2.75, 3.05) is 0 Å². The summed E-state index contributed by atoms with van der Waals surface area (Å²) >= 11 is 0. The second-order valence-corrected chi connectivity index (χ2v) is 5.70. The van der Waals surface area contributed by atoms with E-state index in [1.54, 1.807) is 6.39 Å². The van der Waals surface area contributed by atoms with E-state index in [1.807, 2.05) is 6.26 Å². The lowest BCUT2D eigenvalue weighted by molar-refractivity contribution is 0.358. The molecule has 1 unspecified atom stereocenters. The normalized spacial score (nSPS) is 14.6. The van der Waals surface area contributed by atoms with Crippen molar-refractivity contribution in [2.45, 2.75) is 84.0 Å². The third kappa shape index (κ3) is 4.83. The molecule has 0 saturated carbocycles. The van der Waals surface area contributed by atoms with E-state index in [4.69, 9.17) is 4.42 Å². The summed E-state index contributed by atoms with van der Waals surface area (Å²) in [6, 6.07) is 0. The zero-order chi connectivity index (χ0) is 13.3. The first-order chi connectivity index (χ1) is 8.73. The average Bonchev–Trinajstić information content (AvgIpc) is 2.90. The smallest absolute Gasteiger partial charge is 0.180 e.